The van der Waals surface area contributed by atoms with Gasteiger partial charge in [0, 0.05) is 11.5 Å². The van der Waals surface area contributed by atoms with Gasteiger partial charge in [-0.3, -0.25) is 0 Å². The van der Waals surface area contributed by atoms with Crippen LogP contribution in [0.4, 0.5) is 4.79 Å². The summed E-state index contributed by atoms with van der Waals surface area (Å²) in [5, 5.41) is 0.951. The second-order valence-corrected chi connectivity index (χ2v) is 3.28. The molecule has 2 aromatic rings. The standard InChI is InChI=1S/C12H13NO3/c1-3-16-12(14)13-10-7-5-4-6-9(10)8-11(13)15-2/h4-8H,3H2,1-2H3. The van der Waals surface area contributed by atoms with Gasteiger partial charge in [-0.05, 0) is 13.0 Å². The third-order valence-corrected chi connectivity index (χ3v) is 2.34. The Bertz CT molecular complexity index is 516. The number of carbonyl (C=O) groups is 1. The first kappa shape index (κ1) is 10.5. The summed E-state index contributed by atoms with van der Waals surface area (Å²) in [5.74, 6) is 0.486. The molecule has 16 heavy (non-hydrogen) atoms. The van der Waals surface area contributed by atoms with E-state index in [2.05, 4.69) is 0 Å². The molecule has 0 N–H and O–H groups in total. The Morgan fingerprint density at radius 1 is 1.38 bits per heavy atom. The highest BCUT2D eigenvalue weighted by molar-refractivity contribution is 5.92. The number of para-hydroxylation sites is 1. The molecule has 1 aromatic carbocycles. The van der Waals surface area contributed by atoms with Crippen LogP contribution in [0.5, 0.6) is 5.88 Å². The van der Waals surface area contributed by atoms with Crippen molar-refractivity contribution in [2.75, 3.05) is 13.7 Å². The van der Waals surface area contributed by atoms with Gasteiger partial charge < -0.3 is 9.47 Å². The van der Waals surface area contributed by atoms with Crippen molar-refractivity contribution in [1.29, 1.82) is 0 Å². The van der Waals surface area contributed by atoms with Gasteiger partial charge in [0.25, 0.3) is 0 Å². The van der Waals surface area contributed by atoms with Crippen LogP contribution in [0.15, 0.2) is 30.3 Å². The molecule has 0 atom stereocenters. The van der Waals surface area contributed by atoms with Gasteiger partial charge in [0.05, 0.1) is 19.2 Å². The van der Waals surface area contributed by atoms with Crippen molar-refractivity contribution >= 4 is 17.0 Å². The lowest BCUT2D eigenvalue weighted by molar-refractivity contribution is 0.152. The number of aromatic nitrogens is 1. The lowest BCUT2D eigenvalue weighted by Gasteiger charge is -2.07. The van der Waals surface area contributed by atoms with E-state index in [1.807, 2.05) is 30.3 Å². The van der Waals surface area contributed by atoms with E-state index in [0.717, 1.165) is 10.9 Å². The summed E-state index contributed by atoms with van der Waals surface area (Å²) >= 11 is 0. The lowest BCUT2D eigenvalue weighted by atomic mass is 10.2. The third-order valence-electron chi connectivity index (χ3n) is 2.34. The molecule has 1 heterocycles. The third kappa shape index (κ3) is 1.62. The average molecular weight is 219 g/mol. The first-order valence-electron chi connectivity index (χ1n) is 5.09. The van der Waals surface area contributed by atoms with Crippen LogP contribution in [0, 0.1) is 0 Å². The molecule has 0 saturated heterocycles. The minimum atomic E-state index is -0.416. The average Bonchev–Trinajstić information content (AvgIpc) is 2.67. The highest BCUT2D eigenvalue weighted by Gasteiger charge is 2.15. The summed E-state index contributed by atoms with van der Waals surface area (Å²) in [7, 11) is 1.53. The number of fused-ring (bicyclic) bond motifs is 1. The van der Waals surface area contributed by atoms with Gasteiger partial charge in [-0.1, -0.05) is 18.2 Å². The normalized spacial score (nSPS) is 10.4. The molecule has 0 bridgehead atoms. The number of methoxy groups -OCH3 is 1. The maximum atomic E-state index is 11.8. The number of benzene rings is 1. The molecule has 0 fully saturated rings. The molecule has 0 radical (unpaired) electrons. The fourth-order valence-electron chi connectivity index (χ4n) is 1.66. The van der Waals surface area contributed by atoms with Crippen molar-refractivity contribution in [2.45, 2.75) is 6.92 Å². The van der Waals surface area contributed by atoms with E-state index in [-0.39, 0.29) is 0 Å². The van der Waals surface area contributed by atoms with E-state index < -0.39 is 6.09 Å². The van der Waals surface area contributed by atoms with E-state index in [9.17, 15) is 4.79 Å². The minimum absolute atomic E-state index is 0.342. The topological polar surface area (TPSA) is 40.5 Å². The van der Waals surface area contributed by atoms with Gasteiger partial charge in [0.2, 0.25) is 5.88 Å². The molecule has 0 aliphatic rings. The quantitative estimate of drug-likeness (QED) is 0.779. The number of hydrogen-bond acceptors (Lipinski definition) is 3. The van der Waals surface area contributed by atoms with Crippen LogP contribution in [0.1, 0.15) is 6.92 Å². The van der Waals surface area contributed by atoms with Crippen molar-refractivity contribution in [3.63, 3.8) is 0 Å². The van der Waals surface area contributed by atoms with Crippen LogP contribution >= 0.6 is 0 Å². The van der Waals surface area contributed by atoms with Crippen molar-refractivity contribution in [2.24, 2.45) is 0 Å². The zero-order valence-corrected chi connectivity index (χ0v) is 9.27. The highest BCUT2D eigenvalue weighted by atomic mass is 16.6. The van der Waals surface area contributed by atoms with E-state index in [0.29, 0.717) is 12.5 Å². The zero-order chi connectivity index (χ0) is 11.5. The Morgan fingerprint density at radius 2 is 2.12 bits per heavy atom. The van der Waals surface area contributed by atoms with Gasteiger partial charge in [0.1, 0.15) is 0 Å². The van der Waals surface area contributed by atoms with Crippen molar-refractivity contribution in [3.8, 4) is 5.88 Å². The number of nitrogens with zero attached hydrogens (tertiary/aromatic N) is 1. The summed E-state index contributed by atoms with van der Waals surface area (Å²) in [4.78, 5) is 11.8. The minimum Gasteiger partial charge on any atom is -0.482 e. The molecular formula is C12H13NO3. The molecule has 0 aliphatic heterocycles. The van der Waals surface area contributed by atoms with E-state index in [1.54, 1.807) is 6.92 Å². The second kappa shape index (κ2) is 4.26. The van der Waals surface area contributed by atoms with Gasteiger partial charge in [-0.25, -0.2) is 9.36 Å². The van der Waals surface area contributed by atoms with Crippen LogP contribution < -0.4 is 4.74 Å². The molecule has 0 saturated carbocycles. The van der Waals surface area contributed by atoms with Crippen LogP contribution in [0.3, 0.4) is 0 Å². The fourth-order valence-corrected chi connectivity index (χ4v) is 1.66. The highest BCUT2D eigenvalue weighted by Crippen LogP contribution is 2.25. The van der Waals surface area contributed by atoms with Gasteiger partial charge in [-0.15, -0.1) is 0 Å². The van der Waals surface area contributed by atoms with E-state index in [4.69, 9.17) is 9.47 Å². The smallest absolute Gasteiger partial charge is 0.421 e. The van der Waals surface area contributed by atoms with E-state index in [1.165, 1.54) is 11.7 Å². The number of ether oxygens (including phenoxy) is 2. The molecule has 84 valence electrons. The Labute approximate surface area is 93.4 Å². The second-order valence-electron chi connectivity index (χ2n) is 3.28. The maximum Gasteiger partial charge on any atom is 0.421 e. The molecule has 0 spiro atoms. The van der Waals surface area contributed by atoms with Crippen molar-refractivity contribution in [3.05, 3.63) is 30.3 Å². The number of rotatable bonds is 2. The molecular weight excluding hydrogens is 206 g/mol. The predicted molar refractivity (Wildman–Crippen MR) is 60.9 cm³/mol. The number of hydrogen-bond donors (Lipinski definition) is 0. The SMILES string of the molecule is CCOC(=O)n1c(OC)cc2ccccc21. The van der Waals surface area contributed by atoms with Gasteiger partial charge in [0.15, 0.2) is 0 Å². The van der Waals surface area contributed by atoms with Gasteiger partial charge >= 0.3 is 6.09 Å². The molecule has 0 amide bonds. The van der Waals surface area contributed by atoms with Crippen molar-refractivity contribution < 1.29 is 14.3 Å². The summed E-state index contributed by atoms with van der Waals surface area (Å²) < 4.78 is 11.6. The predicted octanol–water partition coefficient (Wildman–Crippen LogP) is 2.65. The largest absolute Gasteiger partial charge is 0.482 e. The molecule has 0 aliphatic carbocycles. The summed E-state index contributed by atoms with van der Waals surface area (Å²) in [6, 6.07) is 9.38. The van der Waals surface area contributed by atoms with Crippen LogP contribution in [-0.2, 0) is 4.74 Å². The Balaban J connectivity index is 2.60. The monoisotopic (exact) mass is 219 g/mol. The molecule has 4 heteroatoms. The molecule has 2 rings (SSSR count). The zero-order valence-electron chi connectivity index (χ0n) is 9.27. The van der Waals surface area contributed by atoms with Crippen LogP contribution in [0.2, 0.25) is 0 Å². The molecule has 0 unspecified atom stereocenters. The Hall–Kier alpha value is -1.97. The Kier molecular flexibility index (Phi) is 2.81. The Morgan fingerprint density at radius 3 is 2.81 bits per heavy atom. The van der Waals surface area contributed by atoms with Gasteiger partial charge in [-0.2, -0.15) is 0 Å². The first-order valence-corrected chi connectivity index (χ1v) is 5.09. The van der Waals surface area contributed by atoms with Crippen LogP contribution in [-0.4, -0.2) is 24.4 Å². The number of carbonyl (C=O) groups excluding carboxylic acids is 1. The summed E-state index contributed by atoms with van der Waals surface area (Å²) in [6.07, 6.45) is -0.416. The first-order chi connectivity index (χ1) is 7.77. The molecule has 4 nitrogen and oxygen atoms in total. The lowest BCUT2D eigenvalue weighted by Crippen LogP contribution is -2.14. The van der Waals surface area contributed by atoms with E-state index >= 15 is 0 Å². The maximum absolute atomic E-state index is 11.8. The van der Waals surface area contributed by atoms with Crippen molar-refractivity contribution in [1.82, 2.24) is 4.57 Å². The summed E-state index contributed by atoms with van der Waals surface area (Å²) in [6.45, 7) is 2.12. The molecule has 1 aromatic heterocycles. The summed E-state index contributed by atoms with van der Waals surface area (Å²) in [5.41, 5.74) is 0.790. The van der Waals surface area contributed by atoms with Crippen LogP contribution in [0.25, 0.3) is 10.9 Å². The fraction of sp³-hybridized carbons (Fsp3) is 0.250.